The van der Waals surface area contributed by atoms with E-state index >= 15 is 0 Å². The second kappa shape index (κ2) is 8.39. The summed E-state index contributed by atoms with van der Waals surface area (Å²) >= 11 is 0. The van der Waals surface area contributed by atoms with E-state index in [1.165, 1.54) is 40.6 Å². The average molecular weight is 354 g/mol. The summed E-state index contributed by atoms with van der Waals surface area (Å²) in [5.74, 6) is -0.837. The Balaban J connectivity index is 1.93. The predicted molar refractivity (Wildman–Crippen MR) is 92.6 cm³/mol. The van der Waals surface area contributed by atoms with Crippen molar-refractivity contribution in [3.05, 3.63) is 41.7 Å². The molecule has 24 heavy (non-hydrogen) atoms. The van der Waals surface area contributed by atoms with Crippen LogP contribution in [0, 0.1) is 5.82 Å². The van der Waals surface area contributed by atoms with E-state index in [2.05, 4.69) is 11.4 Å². The van der Waals surface area contributed by atoms with Crippen molar-refractivity contribution in [1.82, 2.24) is 4.31 Å². The number of sulfonamides is 1. The molecule has 0 spiro atoms. The molecule has 1 aromatic rings. The van der Waals surface area contributed by atoms with Crippen LogP contribution in [0.5, 0.6) is 0 Å². The van der Waals surface area contributed by atoms with Crippen molar-refractivity contribution < 1.29 is 17.6 Å². The summed E-state index contributed by atoms with van der Waals surface area (Å²) in [7, 11) is -3.47. The second-order valence-electron chi connectivity index (χ2n) is 6.01. The van der Waals surface area contributed by atoms with Gasteiger partial charge in [0.25, 0.3) is 0 Å². The maximum atomic E-state index is 12.9. The molecule has 132 valence electrons. The maximum Gasteiger partial charge on any atom is 0.239 e. The van der Waals surface area contributed by atoms with Gasteiger partial charge < -0.3 is 5.32 Å². The van der Waals surface area contributed by atoms with Crippen molar-refractivity contribution in [3.8, 4) is 0 Å². The Morgan fingerprint density at radius 1 is 1.25 bits per heavy atom. The average Bonchev–Trinajstić information content (AvgIpc) is 2.53. The third-order valence-electron chi connectivity index (χ3n) is 3.98. The summed E-state index contributed by atoms with van der Waals surface area (Å²) in [6.45, 7) is 0.0466. The van der Waals surface area contributed by atoms with Gasteiger partial charge >= 0.3 is 0 Å². The number of nitrogens with zero attached hydrogens (tertiary/aromatic N) is 1. The molecule has 2 rings (SSSR count). The predicted octanol–water partition coefficient (Wildman–Crippen LogP) is 2.92. The topological polar surface area (TPSA) is 66.5 Å². The van der Waals surface area contributed by atoms with Crippen molar-refractivity contribution in [2.45, 2.75) is 32.1 Å². The molecular weight excluding hydrogens is 331 g/mol. The fourth-order valence-corrected chi connectivity index (χ4v) is 3.43. The van der Waals surface area contributed by atoms with Gasteiger partial charge in [0.05, 0.1) is 12.8 Å². The van der Waals surface area contributed by atoms with Gasteiger partial charge in [-0.3, -0.25) is 4.79 Å². The number of hydrogen-bond donors (Lipinski definition) is 1. The van der Waals surface area contributed by atoms with E-state index in [-0.39, 0.29) is 6.54 Å². The van der Waals surface area contributed by atoms with Gasteiger partial charge in [-0.2, -0.15) is 4.31 Å². The molecule has 1 aliphatic carbocycles. The molecule has 0 aliphatic heterocycles. The van der Waals surface area contributed by atoms with Crippen molar-refractivity contribution in [3.63, 3.8) is 0 Å². The van der Waals surface area contributed by atoms with E-state index < -0.39 is 21.7 Å². The Morgan fingerprint density at radius 3 is 2.54 bits per heavy atom. The summed E-state index contributed by atoms with van der Waals surface area (Å²) < 4.78 is 37.9. The number of amides is 1. The number of carbonyl (C=O) groups excluding carboxylic acids is 1. The Hall–Kier alpha value is -1.73. The summed E-state index contributed by atoms with van der Waals surface area (Å²) in [4.78, 5) is 12.1. The highest BCUT2D eigenvalue weighted by Gasteiger charge is 2.20. The first-order chi connectivity index (χ1) is 11.3. The lowest BCUT2D eigenvalue weighted by Gasteiger charge is -2.21. The molecule has 0 bridgehead atoms. The van der Waals surface area contributed by atoms with Gasteiger partial charge in [0, 0.05) is 12.2 Å². The number of anilines is 1. The number of carbonyl (C=O) groups is 1. The Labute approximate surface area is 142 Å². The Bertz CT molecular complexity index is 699. The molecule has 5 nitrogen and oxygen atoms in total. The first-order valence-corrected chi connectivity index (χ1v) is 9.88. The fraction of sp³-hybridized carbons (Fsp3) is 0.471. The van der Waals surface area contributed by atoms with Gasteiger partial charge in [-0.1, -0.05) is 11.6 Å². The zero-order valence-electron chi connectivity index (χ0n) is 13.8. The molecule has 1 aliphatic rings. The van der Waals surface area contributed by atoms with Gasteiger partial charge in [0.2, 0.25) is 15.9 Å². The second-order valence-corrected chi connectivity index (χ2v) is 7.99. The quantitative estimate of drug-likeness (QED) is 0.766. The minimum Gasteiger partial charge on any atom is -0.325 e. The van der Waals surface area contributed by atoms with Crippen LogP contribution in [0.1, 0.15) is 32.1 Å². The van der Waals surface area contributed by atoms with Crippen LogP contribution in [0.4, 0.5) is 10.1 Å². The van der Waals surface area contributed by atoms with E-state index in [1.54, 1.807) is 0 Å². The van der Waals surface area contributed by atoms with Crippen LogP contribution < -0.4 is 5.32 Å². The van der Waals surface area contributed by atoms with Gasteiger partial charge in [-0.15, -0.1) is 0 Å². The van der Waals surface area contributed by atoms with Crippen LogP contribution in [0.2, 0.25) is 0 Å². The smallest absolute Gasteiger partial charge is 0.239 e. The number of hydrogen-bond acceptors (Lipinski definition) is 3. The third kappa shape index (κ3) is 6.05. The van der Waals surface area contributed by atoms with E-state index in [4.69, 9.17) is 0 Å². The van der Waals surface area contributed by atoms with Crippen molar-refractivity contribution >= 4 is 21.6 Å². The van der Waals surface area contributed by atoms with Crippen LogP contribution in [0.3, 0.4) is 0 Å². The highest BCUT2D eigenvalue weighted by molar-refractivity contribution is 7.88. The highest BCUT2D eigenvalue weighted by atomic mass is 32.2. The normalized spacial score (nSPS) is 15.2. The van der Waals surface area contributed by atoms with Gasteiger partial charge in [-0.25, -0.2) is 12.8 Å². The SMILES string of the molecule is CS(=O)(=O)N(CCC1=CCCCC1)CC(=O)Nc1ccc(F)cc1. The lowest BCUT2D eigenvalue weighted by atomic mass is 9.97. The molecular formula is C17H23FN2O3S. The van der Waals surface area contributed by atoms with E-state index in [1.807, 2.05) is 0 Å². The number of halogens is 1. The summed E-state index contributed by atoms with van der Waals surface area (Å²) in [6, 6.07) is 5.34. The van der Waals surface area contributed by atoms with Crippen LogP contribution in [0.15, 0.2) is 35.9 Å². The molecule has 0 fully saturated rings. The Morgan fingerprint density at radius 2 is 1.96 bits per heavy atom. The lowest BCUT2D eigenvalue weighted by Crippen LogP contribution is -2.38. The number of benzene rings is 1. The molecule has 1 N–H and O–H groups in total. The third-order valence-corrected chi connectivity index (χ3v) is 5.23. The molecule has 0 aromatic heterocycles. The van der Waals surface area contributed by atoms with E-state index in [0.29, 0.717) is 18.7 Å². The standard InChI is InChI=1S/C17H23FN2O3S/c1-24(22,23)20(12-11-14-5-3-2-4-6-14)13-17(21)19-16-9-7-15(18)8-10-16/h5,7-10H,2-4,6,11-13H2,1H3,(H,19,21). The zero-order chi connectivity index (χ0) is 17.6. The van der Waals surface area contributed by atoms with Crippen LogP contribution in [-0.4, -0.2) is 38.0 Å². The Kier molecular flexibility index (Phi) is 6.51. The molecule has 0 unspecified atom stereocenters. The minimum atomic E-state index is -3.47. The molecule has 0 saturated carbocycles. The van der Waals surface area contributed by atoms with Gasteiger partial charge in [0.1, 0.15) is 5.82 Å². The molecule has 0 atom stereocenters. The lowest BCUT2D eigenvalue weighted by molar-refractivity contribution is -0.116. The number of rotatable bonds is 7. The number of nitrogens with one attached hydrogen (secondary N) is 1. The first-order valence-electron chi connectivity index (χ1n) is 8.03. The van der Waals surface area contributed by atoms with Crippen molar-refractivity contribution in [2.75, 3.05) is 24.7 Å². The van der Waals surface area contributed by atoms with Gasteiger partial charge in [0.15, 0.2) is 0 Å². The molecule has 7 heteroatoms. The van der Waals surface area contributed by atoms with E-state index in [9.17, 15) is 17.6 Å². The van der Waals surface area contributed by atoms with Crippen molar-refractivity contribution in [2.24, 2.45) is 0 Å². The summed E-state index contributed by atoms with van der Waals surface area (Å²) in [6.07, 6.45) is 8.28. The first kappa shape index (κ1) is 18.6. The molecule has 0 heterocycles. The highest BCUT2D eigenvalue weighted by Crippen LogP contribution is 2.20. The minimum absolute atomic E-state index is 0.247. The zero-order valence-corrected chi connectivity index (χ0v) is 14.6. The monoisotopic (exact) mass is 354 g/mol. The van der Waals surface area contributed by atoms with Crippen LogP contribution >= 0.6 is 0 Å². The van der Waals surface area contributed by atoms with E-state index in [0.717, 1.165) is 25.5 Å². The molecule has 0 radical (unpaired) electrons. The molecule has 1 amide bonds. The van der Waals surface area contributed by atoms with Crippen molar-refractivity contribution in [1.29, 1.82) is 0 Å². The largest absolute Gasteiger partial charge is 0.325 e. The summed E-state index contributed by atoms with van der Waals surface area (Å²) in [5, 5.41) is 2.58. The van der Waals surface area contributed by atoms with Crippen LogP contribution in [-0.2, 0) is 14.8 Å². The maximum absolute atomic E-state index is 12.9. The van der Waals surface area contributed by atoms with Gasteiger partial charge in [-0.05, 0) is 56.4 Å². The summed E-state index contributed by atoms with van der Waals surface area (Å²) in [5.41, 5.74) is 1.69. The molecule has 0 saturated heterocycles. The molecule has 1 aromatic carbocycles. The van der Waals surface area contributed by atoms with Crippen LogP contribution in [0.25, 0.3) is 0 Å². The number of allylic oxidation sites excluding steroid dienone is 1. The fourth-order valence-electron chi connectivity index (χ4n) is 2.66.